The van der Waals surface area contributed by atoms with Crippen LogP contribution in [0.4, 0.5) is 4.79 Å². The number of carbonyl (C=O) groups excluding carboxylic acids is 1. The van der Waals surface area contributed by atoms with Crippen molar-refractivity contribution < 1.29 is 19.4 Å². The second-order valence-corrected chi connectivity index (χ2v) is 5.61. The first-order valence-electron chi connectivity index (χ1n) is 6.04. The van der Waals surface area contributed by atoms with E-state index in [1.807, 2.05) is 0 Å². The summed E-state index contributed by atoms with van der Waals surface area (Å²) in [5.74, 6) is -1.01. The summed E-state index contributed by atoms with van der Waals surface area (Å²) >= 11 is 0. The van der Waals surface area contributed by atoms with Crippen LogP contribution >= 0.6 is 0 Å². The number of nitrogens with two attached hydrogens (primary N) is 1. The molecular weight excluding hydrogens is 236 g/mol. The summed E-state index contributed by atoms with van der Waals surface area (Å²) < 4.78 is 5.05. The maximum Gasteiger partial charge on any atom is 0.407 e. The molecule has 0 spiro atoms. The second kappa shape index (κ2) is 6.58. The molecule has 0 rings (SSSR count). The van der Waals surface area contributed by atoms with E-state index in [0.29, 0.717) is 25.8 Å². The summed E-state index contributed by atoms with van der Waals surface area (Å²) in [5.41, 5.74) is 3.86. The predicted molar refractivity (Wildman–Crippen MR) is 68.3 cm³/mol. The standard InChI is InChI=1S/C12H24N2O4/c1-11(2,3)18-10(17)14-8-6-5-7-12(4,13)9(15)16/h5-8,13H2,1-4H3,(H,14,17)(H,15,16)/t12-/m0/s1. The zero-order valence-corrected chi connectivity index (χ0v) is 11.6. The number of alkyl carbamates (subject to hydrolysis) is 1. The van der Waals surface area contributed by atoms with Crippen molar-refractivity contribution >= 4 is 12.1 Å². The lowest BCUT2D eigenvalue weighted by Crippen LogP contribution is -2.44. The van der Waals surface area contributed by atoms with Gasteiger partial charge in [-0.1, -0.05) is 0 Å². The molecule has 0 saturated carbocycles. The van der Waals surface area contributed by atoms with Crippen LogP contribution in [0, 0.1) is 0 Å². The maximum atomic E-state index is 11.3. The fraction of sp³-hybridized carbons (Fsp3) is 0.833. The summed E-state index contributed by atoms with van der Waals surface area (Å²) in [5, 5.41) is 11.4. The van der Waals surface area contributed by atoms with Gasteiger partial charge in [0.2, 0.25) is 0 Å². The van der Waals surface area contributed by atoms with Crippen molar-refractivity contribution in [1.82, 2.24) is 5.32 Å². The predicted octanol–water partition coefficient (Wildman–Crippen LogP) is 1.48. The lowest BCUT2D eigenvalue weighted by Gasteiger charge is -2.20. The number of carboxylic acids is 1. The molecule has 1 atom stereocenters. The Balaban J connectivity index is 3.70. The van der Waals surface area contributed by atoms with Crippen molar-refractivity contribution in [2.24, 2.45) is 5.73 Å². The average Bonchev–Trinajstić information content (AvgIpc) is 2.13. The minimum absolute atomic E-state index is 0.373. The van der Waals surface area contributed by atoms with Gasteiger partial charge in [-0.25, -0.2) is 4.79 Å². The minimum Gasteiger partial charge on any atom is -0.480 e. The van der Waals surface area contributed by atoms with Crippen molar-refractivity contribution in [3.8, 4) is 0 Å². The quantitative estimate of drug-likeness (QED) is 0.628. The summed E-state index contributed by atoms with van der Waals surface area (Å²) in [6, 6.07) is 0. The van der Waals surface area contributed by atoms with Crippen LogP contribution in [-0.2, 0) is 9.53 Å². The highest BCUT2D eigenvalue weighted by atomic mass is 16.6. The van der Waals surface area contributed by atoms with Gasteiger partial charge in [-0.2, -0.15) is 0 Å². The first-order valence-corrected chi connectivity index (χ1v) is 6.04. The Hall–Kier alpha value is -1.30. The molecule has 18 heavy (non-hydrogen) atoms. The van der Waals surface area contributed by atoms with E-state index in [1.54, 1.807) is 20.8 Å². The lowest BCUT2D eigenvalue weighted by molar-refractivity contribution is -0.142. The van der Waals surface area contributed by atoms with Gasteiger partial charge in [0.05, 0.1) is 0 Å². The van der Waals surface area contributed by atoms with Gasteiger partial charge in [0.15, 0.2) is 0 Å². The minimum atomic E-state index is -1.20. The Bertz CT molecular complexity index is 295. The number of unbranched alkanes of at least 4 members (excludes halogenated alkanes) is 1. The monoisotopic (exact) mass is 260 g/mol. The molecule has 0 unspecified atom stereocenters. The molecule has 0 aliphatic heterocycles. The van der Waals surface area contributed by atoms with Gasteiger partial charge in [-0.3, -0.25) is 4.79 Å². The third-order valence-corrected chi connectivity index (χ3v) is 2.28. The van der Waals surface area contributed by atoms with Gasteiger partial charge in [0.25, 0.3) is 0 Å². The molecular formula is C12H24N2O4. The zero-order chi connectivity index (χ0) is 14.4. The molecule has 6 heteroatoms. The summed E-state index contributed by atoms with van der Waals surface area (Å²) in [7, 11) is 0. The van der Waals surface area contributed by atoms with E-state index < -0.39 is 23.2 Å². The third kappa shape index (κ3) is 7.89. The number of carbonyl (C=O) groups is 2. The van der Waals surface area contributed by atoms with Gasteiger partial charge in [0, 0.05) is 6.54 Å². The number of hydrogen-bond acceptors (Lipinski definition) is 4. The molecule has 0 heterocycles. The Morgan fingerprint density at radius 2 is 1.78 bits per heavy atom. The Labute approximate surface area is 108 Å². The van der Waals surface area contributed by atoms with Gasteiger partial charge in [0.1, 0.15) is 11.1 Å². The Kier molecular flexibility index (Phi) is 6.11. The van der Waals surface area contributed by atoms with E-state index in [1.165, 1.54) is 6.92 Å². The molecule has 0 aromatic carbocycles. The van der Waals surface area contributed by atoms with Crippen LogP contribution in [0.15, 0.2) is 0 Å². The molecule has 0 fully saturated rings. The van der Waals surface area contributed by atoms with Crippen molar-refractivity contribution in [3.63, 3.8) is 0 Å². The number of nitrogens with one attached hydrogen (secondary N) is 1. The molecule has 4 N–H and O–H groups in total. The van der Waals surface area contributed by atoms with Crippen LogP contribution in [0.3, 0.4) is 0 Å². The largest absolute Gasteiger partial charge is 0.480 e. The van der Waals surface area contributed by atoms with Gasteiger partial charge in [-0.15, -0.1) is 0 Å². The smallest absolute Gasteiger partial charge is 0.407 e. The van der Waals surface area contributed by atoms with E-state index in [2.05, 4.69) is 5.32 Å². The average molecular weight is 260 g/mol. The number of ether oxygens (including phenoxy) is 1. The van der Waals surface area contributed by atoms with Gasteiger partial charge < -0.3 is 20.9 Å². The van der Waals surface area contributed by atoms with Crippen LogP contribution in [0.5, 0.6) is 0 Å². The molecule has 0 aromatic heterocycles. The topological polar surface area (TPSA) is 102 Å². The van der Waals surface area contributed by atoms with Crippen molar-refractivity contribution in [1.29, 1.82) is 0 Å². The molecule has 0 aliphatic rings. The number of hydrogen-bond donors (Lipinski definition) is 3. The van der Waals surface area contributed by atoms with E-state index in [9.17, 15) is 9.59 Å². The SMILES string of the molecule is CC(C)(C)OC(=O)NCCCC[C@](C)(N)C(=O)O. The maximum absolute atomic E-state index is 11.3. The second-order valence-electron chi connectivity index (χ2n) is 5.61. The summed E-state index contributed by atoms with van der Waals surface area (Å²) in [6.07, 6.45) is 1.21. The van der Waals surface area contributed by atoms with Crippen LogP contribution in [-0.4, -0.2) is 34.9 Å². The Morgan fingerprint density at radius 3 is 2.22 bits per heavy atom. The van der Waals surface area contributed by atoms with Crippen molar-refractivity contribution in [2.75, 3.05) is 6.54 Å². The van der Waals surface area contributed by atoms with Crippen LogP contribution in [0.2, 0.25) is 0 Å². The highest BCUT2D eigenvalue weighted by molar-refractivity contribution is 5.77. The van der Waals surface area contributed by atoms with E-state index >= 15 is 0 Å². The normalized spacial score (nSPS) is 14.7. The Morgan fingerprint density at radius 1 is 1.22 bits per heavy atom. The highest BCUT2D eigenvalue weighted by Crippen LogP contribution is 2.10. The highest BCUT2D eigenvalue weighted by Gasteiger charge is 2.26. The fourth-order valence-corrected chi connectivity index (χ4v) is 1.23. The fourth-order valence-electron chi connectivity index (χ4n) is 1.23. The van der Waals surface area contributed by atoms with Crippen LogP contribution in [0.1, 0.15) is 47.0 Å². The van der Waals surface area contributed by atoms with Crippen molar-refractivity contribution in [3.05, 3.63) is 0 Å². The van der Waals surface area contributed by atoms with Crippen LogP contribution < -0.4 is 11.1 Å². The molecule has 0 saturated heterocycles. The number of carboxylic acid groups (broad SMARTS) is 1. The van der Waals surface area contributed by atoms with E-state index in [-0.39, 0.29) is 0 Å². The molecule has 6 nitrogen and oxygen atoms in total. The van der Waals surface area contributed by atoms with Gasteiger partial charge >= 0.3 is 12.1 Å². The molecule has 0 bridgehead atoms. The molecule has 0 aromatic rings. The van der Waals surface area contributed by atoms with E-state index in [0.717, 1.165) is 0 Å². The molecule has 0 radical (unpaired) electrons. The number of aliphatic carboxylic acids is 1. The molecule has 1 amide bonds. The summed E-state index contributed by atoms with van der Waals surface area (Å²) in [4.78, 5) is 22.0. The van der Waals surface area contributed by atoms with Crippen LogP contribution in [0.25, 0.3) is 0 Å². The summed E-state index contributed by atoms with van der Waals surface area (Å²) in [6.45, 7) is 7.30. The van der Waals surface area contributed by atoms with E-state index in [4.69, 9.17) is 15.6 Å². The molecule has 0 aliphatic carbocycles. The van der Waals surface area contributed by atoms with Gasteiger partial charge in [-0.05, 0) is 47.0 Å². The number of rotatable bonds is 6. The third-order valence-electron chi connectivity index (χ3n) is 2.28. The van der Waals surface area contributed by atoms with Crippen molar-refractivity contribution in [2.45, 2.75) is 58.1 Å². The first-order chi connectivity index (χ1) is 8.04. The zero-order valence-electron chi connectivity index (χ0n) is 11.6. The lowest BCUT2D eigenvalue weighted by atomic mass is 9.96. The molecule has 106 valence electrons. The first kappa shape index (κ1) is 16.7. The number of amides is 1.